The number of nitrogens with zero attached hydrogens (tertiary/aromatic N) is 2. The maximum Gasteiger partial charge on any atom is 0.222 e. The fraction of sp³-hybridized carbons (Fsp3) is 0.967. The average Bonchev–Trinajstić information content (AvgIpc) is 3.31. The maximum atomic E-state index is 13.1. The first kappa shape index (κ1) is 63.9. The molecule has 0 aromatic heterocycles. The van der Waals surface area contributed by atoms with E-state index in [-0.39, 0.29) is 0 Å². The Hall–Kier alpha value is -1.10. The van der Waals surface area contributed by atoms with Crippen LogP contribution in [-0.4, -0.2) is 60.9 Å². The largest absolute Gasteiger partial charge is 0.343 e. The van der Waals surface area contributed by atoms with E-state index in [1.807, 2.05) is 0 Å². The van der Waals surface area contributed by atoms with Gasteiger partial charge in [0, 0.05) is 39.0 Å². The second-order valence-electron chi connectivity index (χ2n) is 20.9. The van der Waals surface area contributed by atoms with E-state index in [4.69, 9.17) is 0 Å². The summed E-state index contributed by atoms with van der Waals surface area (Å²) in [5.74, 6) is 0.858. The zero-order valence-electron chi connectivity index (χ0n) is 45.4. The smallest absolute Gasteiger partial charge is 0.222 e. The Morgan fingerprint density at radius 2 is 0.431 bits per heavy atom. The Kier molecular flexibility index (Phi) is 54.6. The molecule has 0 bridgehead atoms. The molecule has 0 atom stereocenters. The van der Waals surface area contributed by atoms with Gasteiger partial charge in [-0.1, -0.05) is 272 Å². The molecule has 5 heteroatoms. The number of hydrogen-bond donors (Lipinski definition) is 1. The number of nitrogens with one attached hydrogen (secondary N) is 1. The van der Waals surface area contributed by atoms with Crippen LogP contribution in [0.5, 0.6) is 0 Å². The molecule has 0 aromatic carbocycles. The van der Waals surface area contributed by atoms with Gasteiger partial charge >= 0.3 is 0 Å². The normalized spacial score (nSPS) is 11.5. The van der Waals surface area contributed by atoms with Gasteiger partial charge in [0.25, 0.3) is 0 Å². The number of rotatable bonds is 56. The van der Waals surface area contributed by atoms with Crippen molar-refractivity contribution >= 4 is 11.8 Å². The van der Waals surface area contributed by atoms with Crippen LogP contribution in [0.3, 0.4) is 0 Å². The number of unbranched alkanes of at least 4 members (excludes halogenated alkanes) is 40. The lowest BCUT2D eigenvalue weighted by Crippen LogP contribution is -2.32. The molecule has 2 amide bonds. The third-order valence-electron chi connectivity index (χ3n) is 14.3. The van der Waals surface area contributed by atoms with E-state index in [0.29, 0.717) is 11.8 Å². The fourth-order valence-electron chi connectivity index (χ4n) is 9.73. The van der Waals surface area contributed by atoms with Crippen molar-refractivity contribution in [3.63, 3.8) is 0 Å². The summed E-state index contributed by atoms with van der Waals surface area (Å²) in [6.07, 6.45) is 62.1. The van der Waals surface area contributed by atoms with Crippen LogP contribution in [-0.2, 0) is 9.59 Å². The van der Waals surface area contributed by atoms with E-state index >= 15 is 0 Å². The van der Waals surface area contributed by atoms with Gasteiger partial charge < -0.3 is 15.1 Å². The van der Waals surface area contributed by atoms with Gasteiger partial charge in [0.05, 0.1) is 0 Å². The Bertz CT molecular complexity index is 854. The molecule has 1 N–H and O–H groups in total. The highest BCUT2D eigenvalue weighted by Crippen LogP contribution is 2.17. The fourth-order valence-corrected chi connectivity index (χ4v) is 9.73. The predicted molar refractivity (Wildman–Crippen MR) is 290 cm³/mol. The molecule has 0 saturated heterocycles. The highest BCUT2D eigenvalue weighted by molar-refractivity contribution is 5.76. The molecular formula is C60H121N3O2. The Morgan fingerprint density at radius 3 is 0.662 bits per heavy atom. The van der Waals surface area contributed by atoms with E-state index in [1.165, 1.54) is 296 Å². The molecule has 0 rings (SSSR count). The van der Waals surface area contributed by atoms with Gasteiger partial charge in [0.15, 0.2) is 0 Å². The van der Waals surface area contributed by atoms with Gasteiger partial charge in [-0.25, -0.2) is 0 Å². The molecule has 0 heterocycles. The summed E-state index contributed by atoms with van der Waals surface area (Å²) in [5.41, 5.74) is 0. The lowest BCUT2D eigenvalue weighted by Gasteiger charge is -2.23. The van der Waals surface area contributed by atoms with Crippen LogP contribution in [0, 0.1) is 0 Å². The molecule has 0 aliphatic heterocycles. The van der Waals surface area contributed by atoms with Gasteiger partial charge in [0.1, 0.15) is 0 Å². The maximum absolute atomic E-state index is 13.1. The minimum absolute atomic E-state index is 0.429. The molecule has 388 valence electrons. The van der Waals surface area contributed by atoms with Crippen LogP contribution >= 0.6 is 0 Å². The topological polar surface area (TPSA) is 52.6 Å². The minimum Gasteiger partial charge on any atom is -0.343 e. The summed E-state index contributed by atoms with van der Waals surface area (Å²) < 4.78 is 0. The summed E-state index contributed by atoms with van der Waals surface area (Å²) in [7, 11) is 0. The summed E-state index contributed by atoms with van der Waals surface area (Å²) in [6.45, 7) is 15.4. The van der Waals surface area contributed by atoms with Crippen molar-refractivity contribution in [1.29, 1.82) is 0 Å². The van der Waals surface area contributed by atoms with Crippen molar-refractivity contribution in [3.05, 3.63) is 0 Å². The van der Waals surface area contributed by atoms with Crippen LogP contribution in [0.4, 0.5) is 0 Å². The van der Waals surface area contributed by atoms with E-state index in [1.54, 1.807) is 0 Å². The molecule has 0 aromatic rings. The number of hydrogen-bond acceptors (Lipinski definition) is 3. The Labute approximate surface area is 410 Å². The van der Waals surface area contributed by atoms with Crippen molar-refractivity contribution in [2.45, 2.75) is 336 Å². The summed E-state index contributed by atoms with van der Waals surface area (Å²) in [6, 6.07) is 0. The first-order valence-corrected chi connectivity index (χ1v) is 30.4. The quantitative estimate of drug-likeness (QED) is 0.0619. The highest BCUT2D eigenvalue weighted by atomic mass is 16.2. The molecule has 0 aliphatic carbocycles. The standard InChI is InChI=1S/C60H121N3O2/c1-5-9-13-17-19-21-25-31-39-47-55-62(59(64)51-43-35-15-11-7-3)57-49-41-33-27-23-29-37-45-53-61-54-46-38-30-24-28-34-42-50-58-63(60(65)52-44-36-16-12-8-4)56-48-40-32-26-22-20-18-14-10-6-2/h61H,5-58H2,1-4H3. The van der Waals surface area contributed by atoms with Crippen molar-refractivity contribution in [2.75, 3.05) is 39.3 Å². The summed E-state index contributed by atoms with van der Waals surface area (Å²) >= 11 is 0. The number of carbonyl (C=O) groups is 2. The van der Waals surface area contributed by atoms with Crippen molar-refractivity contribution in [3.8, 4) is 0 Å². The molecule has 5 nitrogen and oxygen atoms in total. The first-order chi connectivity index (χ1) is 32.1. The lowest BCUT2D eigenvalue weighted by molar-refractivity contribution is -0.132. The van der Waals surface area contributed by atoms with Crippen molar-refractivity contribution in [1.82, 2.24) is 15.1 Å². The van der Waals surface area contributed by atoms with Gasteiger partial charge in [-0.05, 0) is 64.5 Å². The zero-order valence-corrected chi connectivity index (χ0v) is 45.4. The SMILES string of the molecule is CCCCCCCCCCCCN(CCCCCCCCCCNCCCCCCCCCCN(CCCCCCCCCCCC)C(=O)CCCCCCC)C(=O)CCCCCCC. The molecule has 0 radical (unpaired) electrons. The lowest BCUT2D eigenvalue weighted by atomic mass is 10.1. The van der Waals surface area contributed by atoms with E-state index in [9.17, 15) is 9.59 Å². The van der Waals surface area contributed by atoms with Crippen LogP contribution in [0.15, 0.2) is 0 Å². The van der Waals surface area contributed by atoms with E-state index < -0.39 is 0 Å². The number of amides is 2. The first-order valence-electron chi connectivity index (χ1n) is 30.4. The molecule has 0 fully saturated rings. The second-order valence-corrected chi connectivity index (χ2v) is 20.9. The van der Waals surface area contributed by atoms with Gasteiger partial charge in [-0.15, -0.1) is 0 Å². The van der Waals surface area contributed by atoms with E-state index in [2.05, 4.69) is 42.8 Å². The molecule has 0 saturated carbocycles. The Morgan fingerprint density at radius 1 is 0.246 bits per heavy atom. The molecule has 65 heavy (non-hydrogen) atoms. The van der Waals surface area contributed by atoms with Crippen molar-refractivity contribution < 1.29 is 9.59 Å². The Balaban J connectivity index is 3.92. The zero-order chi connectivity index (χ0) is 47.2. The highest BCUT2D eigenvalue weighted by Gasteiger charge is 2.14. The van der Waals surface area contributed by atoms with Gasteiger partial charge in [-0.3, -0.25) is 9.59 Å². The monoisotopic (exact) mass is 916 g/mol. The third-order valence-corrected chi connectivity index (χ3v) is 14.3. The third kappa shape index (κ3) is 49.1. The summed E-state index contributed by atoms with van der Waals surface area (Å²) in [4.78, 5) is 30.8. The van der Waals surface area contributed by atoms with Crippen LogP contribution in [0.2, 0.25) is 0 Å². The molecule has 0 aliphatic rings. The van der Waals surface area contributed by atoms with Crippen LogP contribution < -0.4 is 5.32 Å². The average molecular weight is 917 g/mol. The van der Waals surface area contributed by atoms with Crippen LogP contribution in [0.1, 0.15) is 336 Å². The van der Waals surface area contributed by atoms with E-state index in [0.717, 1.165) is 51.9 Å². The predicted octanol–water partition coefficient (Wildman–Crippen LogP) is 19.0. The number of carbonyl (C=O) groups excluding carboxylic acids is 2. The second kappa shape index (κ2) is 55.5. The van der Waals surface area contributed by atoms with Gasteiger partial charge in [-0.2, -0.15) is 0 Å². The van der Waals surface area contributed by atoms with Crippen molar-refractivity contribution in [2.24, 2.45) is 0 Å². The summed E-state index contributed by atoms with van der Waals surface area (Å²) in [5, 5.41) is 3.71. The molecular weight excluding hydrogens is 795 g/mol. The van der Waals surface area contributed by atoms with Crippen LogP contribution in [0.25, 0.3) is 0 Å². The minimum atomic E-state index is 0.429. The molecule has 0 spiro atoms. The van der Waals surface area contributed by atoms with Gasteiger partial charge in [0.2, 0.25) is 11.8 Å². The molecule has 0 unspecified atom stereocenters.